The van der Waals surface area contributed by atoms with Crippen molar-refractivity contribution in [2.75, 3.05) is 6.54 Å². The second-order valence-corrected chi connectivity index (χ2v) is 5.65. The van der Waals surface area contributed by atoms with Gasteiger partial charge in [-0.15, -0.1) is 11.3 Å². The maximum absolute atomic E-state index is 11.9. The van der Waals surface area contributed by atoms with E-state index < -0.39 is 17.5 Å². The van der Waals surface area contributed by atoms with Gasteiger partial charge in [-0.3, -0.25) is 0 Å². The largest absolute Gasteiger partial charge is 0.479 e. The molecule has 0 aromatic carbocycles. The molecule has 1 unspecified atom stereocenters. The first-order chi connectivity index (χ1) is 10.0. The lowest BCUT2D eigenvalue weighted by atomic mass is 9.99. The van der Waals surface area contributed by atoms with Crippen LogP contribution in [-0.2, 0) is 16.8 Å². The number of carbonyl (C=O) groups excluding carboxylic acids is 1. The number of nitrogens with one attached hydrogen (secondary N) is 2. The van der Waals surface area contributed by atoms with Gasteiger partial charge in [0, 0.05) is 11.4 Å². The molecule has 21 heavy (non-hydrogen) atoms. The van der Waals surface area contributed by atoms with E-state index in [0.717, 1.165) is 4.88 Å². The number of furan rings is 1. The van der Waals surface area contributed by atoms with Gasteiger partial charge in [0.2, 0.25) is 0 Å². The van der Waals surface area contributed by atoms with E-state index in [0.29, 0.717) is 13.0 Å². The molecule has 2 amide bonds. The fraction of sp³-hybridized carbons (Fsp3) is 0.286. The third-order valence-corrected chi connectivity index (χ3v) is 3.98. The lowest BCUT2D eigenvalue weighted by Gasteiger charge is -2.24. The molecule has 7 heteroatoms. The molecule has 0 aliphatic heterocycles. The molecule has 2 heterocycles. The lowest BCUT2D eigenvalue weighted by molar-refractivity contribution is -0.144. The van der Waals surface area contributed by atoms with Crippen LogP contribution in [0.15, 0.2) is 40.3 Å². The number of carboxylic acids is 1. The first-order valence-electron chi connectivity index (χ1n) is 6.38. The van der Waals surface area contributed by atoms with Gasteiger partial charge in [-0.2, -0.15) is 0 Å². The molecule has 112 valence electrons. The third kappa shape index (κ3) is 3.63. The van der Waals surface area contributed by atoms with Crippen molar-refractivity contribution in [1.82, 2.24) is 10.6 Å². The Morgan fingerprint density at radius 3 is 2.76 bits per heavy atom. The van der Waals surface area contributed by atoms with E-state index >= 15 is 0 Å². The number of carboxylic acid groups (broad SMARTS) is 1. The van der Waals surface area contributed by atoms with Crippen molar-refractivity contribution in [1.29, 1.82) is 0 Å². The molecule has 0 saturated heterocycles. The highest BCUT2D eigenvalue weighted by molar-refractivity contribution is 7.09. The fourth-order valence-corrected chi connectivity index (χ4v) is 2.52. The summed E-state index contributed by atoms with van der Waals surface area (Å²) in [5, 5.41) is 16.4. The van der Waals surface area contributed by atoms with E-state index in [1.54, 1.807) is 17.4 Å². The van der Waals surface area contributed by atoms with Gasteiger partial charge < -0.3 is 20.2 Å². The molecule has 0 bridgehead atoms. The number of hydrogen-bond donors (Lipinski definition) is 3. The van der Waals surface area contributed by atoms with Crippen molar-refractivity contribution in [3.05, 3.63) is 46.5 Å². The van der Waals surface area contributed by atoms with Crippen LogP contribution in [0.2, 0.25) is 0 Å². The van der Waals surface area contributed by atoms with Gasteiger partial charge in [-0.25, -0.2) is 9.59 Å². The van der Waals surface area contributed by atoms with Gasteiger partial charge >= 0.3 is 12.0 Å². The number of rotatable bonds is 6. The second-order valence-electron chi connectivity index (χ2n) is 4.62. The summed E-state index contributed by atoms with van der Waals surface area (Å²) in [6.07, 6.45) is 2.07. The van der Waals surface area contributed by atoms with Gasteiger partial charge in [0.05, 0.1) is 6.26 Å². The van der Waals surface area contributed by atoms with Crippen LogP contribution in [0.4, 0.5) is 4.79 Å². The molecule has 2 aromatic heterocycles. The minimum atomic E-state index is -1.60. The Hall–Kier alpha value is -2.28. The summed E-state index contributed by atoms with van der Waals surface area (Å²) in [7, 11) is 0. The molecule has 3 N–H and O–H groups in total. The number of carbonyl (C=O) groups is 2. The SMILES string of the molecule is CC(NC(=O)NCCc1cccs1)(C(=O)O)c1ccco1. The van der Waals surface area contributed by atoms with Crippen LogP contribution in [0.3, 0.4) is 0 Å². The highest BCUT2D eigenvalue weighted by Crippen LogP contribution is 2.21. The normalized spacial score (nSPS) is 13.4. The van der Waals surface area contributed by atoms with Gasteiger partial charge in [0.1, 0.15) is 5.76 Å². The van der Waals surface area contributed by atoms with Crippen LogP contribution >= 0.6 is 11.3 Å². The molecule has 0 saturated carbocycles. The third-order valence-electron chi connectivity index (χ3n) is 3.04. The lowest BCUT2D eigenvalue weighted by Crippen LogP contribution is -2.53. The molecule has 0 aliphatic carbocycles. The van der Waals surface area contributed by atoms with E-state index in [-0.39, 0.29) is 5.76 Å². The van der Waals surface area contributed by atoms with Crippen molar-refractivity contribution < 1.29 is 19.1 Å². The number of aliphatic carboxylic acids is 1. The maximum Gasteiger partial charge on any atom is 0.337 e. The summed E-state index contributed by atoms with van der Waals surface area (Å²) in [6, 6.07) is 6.47. The zero-order valence-corrected chi connectivity index (χ0v) is 12.3. The van der Waals surface area contributed by atoms with Crippen molar-refractivity contribution in [3.8, 4) is 0 Å². The van der Waals surface area contributed by atoms with Crippen molar-refractivity contribution in [2.24, 2.45) is 0 Å². The standard InChI is InChI=1S/C14H16N2O4S/c1-14(12(17)18,11-5-2-8-20-11)16-13(19)15-7-6-10-4-3-9-21-10/h2-5,8-9H,6-7H2,1H3,(H,17,18)(H2,15,16,19). The molecule has 1 atom stereocenters. The monoisotopic (exact) mass is 308 g/mol. The smallest absolute Gasteiger partial charge is 0.337 e. The average Bonchev–Trinajstić information content (AvgIpc) is 3.11. The number of thiophene rings is 1. The predicted molar refractivity (Wildman–Crippen MR) is 78.3 cm³/mol. The van der Waals surface area contributed by atoms with E-state index in [1.165, 1.54) is 19.3 Å². The first kappa shape index (κ1) is 15.1. The second kappa shape index (κ2) is 6.45. The molecule has 2 aromatic rings. The molecular weight excluding hydrogens is 292 g/mol. The maximum atomic E-state index is 11.9. The topological polar surface area (TPSA) is 91.6 Å². The van der Waals surface area contributed by atoms with Crippen molar-refractivity contribution >= 4 is 23.3 Å². The fourth-order valence-electron chi connectivity index (χ4n) is 1.81. The molecular formula is C14H16N2O4S. The van der Waals surface area contributed by atoms with Gasteiger partial charge in [0.25, 0.3) is 0 Å². The number of urea groups is 1. The van der Waals surface area contributed by atoms with Crippen LogP contribution in [0.5, 0.6) is 0 Å². The molecule has 6 nitrogen and oxygen atoms in total. The zero-order chi connectivity index (χ0) is 15.3. The van der Waals surface area contributed by atoms with E-state index in [9.17, 15) is 14.7 Å². The summed E-state index contributed by atoms with van der Waals surface area (Å²) in [5.41, 5.74) is -1.60. The molecule has 2 rings (SSSR count). The Morgan fingerprint density at radius 2 is 2.19 bits per heavy atom. The van der Waals surface area contributed by atoms with E-state index in [1.807, 2.05) is 17.5 Å². The Labute approximate surface area is 125 Å². The number of amides is 2. The molecule has 0 spiro atoms. The van der Waals surface area contributed by atoms with Crippen molar-refractivity contribution in [2.45, 2.75) is 18.9 Å². The summed E-state index contributed by atoms with van der Waals surface area (Å²) in [5.74, 6) is -1.02. The van der Waals surface area contributed by atoms with Crippen LogP contribution in [0.25, 0.3) is 0 Å². The summed E-state index contributed by atoms with van der Waals surface area (Å²) in [4.78, 5) is 24.4. The van der Waals surface area contributed by atoms with Crippen LogP contribution in [-0.4, -0.2) is 23.7 Å². The number of hydrogen-bond acceptors (Lipinski definition) is 4. The van der Waals surface area contributed by atoms with Crippen LogP contribution < -0.4 is 10.6 Å². The average molecular weight is 308 g/mol. The van der Waals surface area contributed by atoms with Crippen molar-refractivity contribution in [3.63, 3.8) is 0 Å². The highest BCUT2D eigenvalue weighted by atomic mass is 32.1. The minimum Gasteiger partial charge on any atom is -0.479 e. The van der Waals surface area contributed by atoms with Gasteiger partial charge in [0.15, 0.2) is 5.54 Å². The zero-order valence-electron chi connectivity index (χ0n) is 11.5. The molecule has 0 fully saturated rings. The Balaban J connectivity index is 1.91. The first-order valence-corrected chi connectivity index (χ1v) is 7.26. The Morgan fingerprint density at radius 1 is 1.38 bits per heavy atom. The quantitative estimate of drug-likeness (QED) is 0.762. The van der Waals surface area contributed by atoms with E-state index in [2.05, 4.69) is 10.6 Å². The van der Waals surface area contributed by atoms with Gasteiger partial charge in [-0.05, 0) is 36.9 Å². The Bertz CT molecular complexity index is 595. The minimum absolute atomic E-state index is 0.170. The predicted octanol–water partition coefficient (Wildman–Crippen LogP) is 2.18. The van der Waals surface area contributed by atoms with Gasteiger partial charge in [-0.1, -0.05) is 6.07 Å². The molecule has 0 aliphatic rings. The summed E-state index contributed by atoms with van der Waals surface area (Å²) >= 11 is 1.61. The van der Waals surface area contributed by atoms with E-state index in [4.69, 9.17) is 4.42 Å². The highest BCUT2D eigenvalue weighted by Gasteiger charge is 2.39. The summed E-state index contributed by atoms with van der Waals surface area (Å²) < 4.78 is 5.10. The summed E-state index contributed by atoms with van der Waals surface area (Å²) in [6.45, 7) is 1.81. The molecule has 0 radical (unpaired) electrons. The van der Waals surface area contributed by atoms with Crippen LogP contribution in [0.1, 0.15) is 17.6 Å². The Kier molecular flexibility index (Phi) is 4.64. The van der Waals surface area contributed by atoms with Crippen LogP contribution in [0, 0.1) is 0 Å².